The lowest BCUT2D eigenvalue weighted by Crippen LogP contribution is -2.45. The van der Waals surface area contributed by atoms with Gasteiger partial charge in [0.05, 0.1) is 0 Å². The number of hydrogen-bond acceptors (Lipinski definition) is 2. The maximum Gasteiger partial charge on any atom is 0.133 e. The molecule has 5 heteroatoms. The van der Waals surface area contributed by atoms with Crippen molar-refractivity contribution in [2.75, 3.05) is 26.2 Å². The van der Waals surface area contributed by atoms with E-state index in [-0.39, 0.29) is 11.6 Å². The number of piperazine rings is 1. The molecule has 1 N–H and O–H groups in total. The van der Waals surface area contributed by atoms with Gasteiger partial charge in [0.1, 0.15) is 17.5 Å². The molecule has 1 heterocycles. The van der Waals surface area contributed by atoms with Crippen LogP contribution in [-0.2, 0) is 0 Å². The van der Waals surface area contributed by atoms with Gasteiger partial charge in [-0.1, -0.05) is 13.3 Å². The van der Waals surface area contributed by atoms with Crippen molar-refractivity contribution in [2.45, 2.75) is 25.8 Å². The largest absolute Gasteiger partial charge is 0.314 e. The summed E-state index contributed by atoms with van der Waals surface area (Å²) < 4.78 is 40.8. The zero-order valence-corrected chi connectivity index (χ0v) is 11.1. The van der Waals surface area contributed by atoms with Crippen LogP contribution in [0.15, 0.2) is 12.1 Å². The molecule has 0 aromatic heterocycles. The highest BCUT2D eigenvalue weighted by Crippen LogP contribution is 2.30. The number of rotatable bonds is 4. The van der Waals surface area contributed by atoms with Crippen molar-refractivity contribution >= 4 is 0 Å². The van der Waals surface area contributed by atoms with E-state index in [4.69, 9.17) is 0 Å². The number of halogens is 3. The Labute approximate surface area is 111 Å². The fourth-order valence-electron chi connectivity index (χ4n) is 2.65. The van der Waals surface area contributed by atoms with Gasteiger partial charge in [-0.3, -0.25) is 4.90 Å². The zero-order valence-electron chi connectivity index (χ0n) is 11.1. The summed E-state index contributed by atoms with van der Waals surface area (Å²) in [5.74, 6) is -2.43. The van der Waals surface area contributed by atoms with Gasteiger partial charge in [-0.15, -0.1) is 0 Å². The molecule has 1 fully saturated rings. The van der Waals surface area contributed by atoms with Crippen LogP contribution in [-0.4, -0.2) is 31.1 Å². The van der Waals surface area contributed by atoms with Crippen molar-refractivity contribution in [3.8, 4) is 0 Å². The third-order valence-corrected chi connectivity index (χ3v) is 3.53. The molecule has 1 aliphatic heterocycles. The SMILES string of the molecule is CCC[C@H](c1c(F)cc(F)cc1F)N1CCNCC1. The van der Waals surface area contributed by atoms with Crippen molar-refractivity contribution in [1.82, 2.24) is 10.2 Å². The molecule has 0 radical (unpaired) electrons. The monoisotopic (exact) mass is 272 g/mol. The number of benzene rings is 1. The minimum absolute atomic E-state index is 0.00477. The first kappa shape index (κ1) is 14.3. The molecular formula is C14H19F3N2. The van der Waals surface area contributed by atoms with E-state index in [1.165, 1.54) is 0 Å². The van der Waals surface area contributed by atoms with Crippen LogP contribution in [0, 0.1) is 17.5 Å². The second kappa shape index (κ2) is 6.39. The average Bonchev–Trinajstić information content (AvgIpc) is 2.37. The Morgan fingerprint density at radius 1 is 1.16 bits per heavy atom. The van der Waals surface area contributed by atoms with Crippen molar-refractivity contribution in [3.05, 3.63) is 35.1 Å². The first-order valence-electron chi connectivity index (χ1n) is 6.72. The summed E-state index contributed by atoms with van der Waals surface area (Å²) in [4.78, 5) is 2.07. The first-order chi connectivity index (χ1) is 9.13. The van der Waals surface area contributed by atoms with Crippen molar-refractivity contribution in [3.63, 3.8) is 0 Å². The van der Waals surface area contributed by atoms with Gasteiger partial charge in [-0.25, -0.2) is 13.2 Å². The van der Waals surface area contributed by atoms with E-state index in [0.717, 1.165) is 44.7 Å². The molecule has 1 aromatic carbocycles. The Bertz CT molecular complexity index is 408. The second-order valence-electron chi connectivity index (χ2n) is 4.87. The topological polar surface area (TPSA) is 15.3 Å². The summed E-state index contributed by atoms with van der Waals surface area (Å²) in [6, 6.07) is 1.22. The molecule has 0 saturated carbocycles. The molecule has 0 spiro atoms. The third-order valence-electron chi connectivity index (χ3n) is 3.53. The molecule has 19 heavy (non-hydrogen) atoms. The van der Waals surface area contributed by atoms with Crippen LogP contribution in [0.1, 0.15) is 31.4 Å². The van der Waals surface area contributed by atoms with Crippen molar-refractivity contribution in [2.24, 2.45) is 0 Å². The van der Waals surface area contributed by atoms with E-state index in [0.29, 0.717) is 6.42 Å². The van der Waals surface area contributed by atoms with Crippen LogP contribution in [0.25, 0.3) is 0 Å². The fraction of sp³-hybridized carbons (Fsp3) is 0.571. The van der Waals surface area contributed by atoms with Crippen molar-refractivity contribution < 1.29 is 13.2 Å². The van der Waals surface area contributed by atoms with Crippen LogP contribution >= 0.6 is 0 Å². The normalized spacial score (nSPS) is 18.5. The van der Waals surface area contributed by atoms with E-state index >= 15 is 0 Å². The average molecular weight is 272 g/mol. The number of nitrogens with one attached hydrogen (secondary N) is 1. The summed E-state index contributed by atoms with van der Waals surface area (Å²) in [6.45, 7) is 5.10. The Hall–Kier alpha value is -1.07. The van der Waals surface area contributed by atoms with Gasteiger partial charge in [0.25, 0.3) is 0 Å². The van der Waals surface area contributed by atoms with Gasteiger partial charge in [-0.2, -0.15) is 0 Å². The molecule has 0 unspecified atom stereocenters. The highest BCUT2D eigenvalue weighted by molar-refractivity contribution is 5.24. The van der Waals surface area contributed by atoms with E-state index in [1.807, 2.05) is 6.92 Å². The van der Waals surface area contributed by atoms with E-state index in [2.05, 4.69) is 10.2 Å². The van der Waals surface area contributed by atoms with Crippen LogP contribution in [0.3, 0.4) is 0 Å². The lowest BCUT2D eigenvalue weighted by molar-refractivity contribution is 0.158. The lowest BCUT2D eigenvalue weighted by Gasteiger charge is -2.35. The van der Waals surface area contributed by atoms with Gasteiger partial charge in [-0.05, 0) is 6.42 Å². The van der Waals surface area contributed by atoms with Gasteiger partial charge in [0.2, 0.25) is 0 Å². The molecule has 1 aromatic rings. The fourth-order valence-corrected chi connectivity index (χ4v) is 2.65. The number of hydrogen-bond donors (Lipinski definition) is 1. The Balaban J connectivity index is 2.32. The molecule has 106 valence electrons. The van der Waals surface area contributed by atoms with Crippen molar-refractivity contribution in [1.29, 1.82) is 0 Å². The Kier molecular flexibility index (Phi) is 4.82. The summed E-state index contributed by atoms with van der Waals surface area (Å²) >= 11 is 0. The summed E-state index contributed by atoms with van der Waals surface area (Å²) in [6.07, 6.45) is 1.49. The van der Waals surface area contributed by atoms with E-state index in [1.54, 1.807) is 0 Å². The van der Waals surface area contributed by atoms with Crippen LogP contribution in [0.2, 0.25) is 0 Å². The van der Waals surface area contributed by atoms with Crippen LogP contribution < -0.4 is 5.32 Å². The second-order valence-corrected chi connectivity index (χ2v) is 4.87. The van der Waals surface area contributed by atoms with Gasteiger partial charge < -0.3 is 5.32 Å². The smallest absolute Gasteiger partial charge is 0.133 e. The van der Waals surface area contributed by atoms with Gasteiger partial charge in [0.15, 0.2) is 0 Å². The molecule has 0 amide bonds. The lowest BCUT2D eigenvalue weighted by atomic mass is 9.98. The molecule has 2 nitrogen and oxygen atoms in total. The van der Waals surface area contributed by atoms with E-state index in [9.17, 15) is 13.2 Å². The maximum atomic E-state index is 13.9. The van der Waals surface area contributed by atoms with Gasteiger partial charge >= 0.3 is 0 Å². The molecule has 0 bridgehead atoms. The van der Waals surface area contributed by atoms with Gasteiger partial charge in [0, 0.05) is 49.9 Å². The van der Waals surface area contributed by atoms with Crippen LogP contribution in [0.5, 0.6) is 0 Å². The summed E-state index contributed by atoms with van der Waals surface area (Å²) in [5.41, 5.74) is 0.00477. The standard InChI is InChI=1S/C14H19F3N2/c1-2-3-13(19-6-4-18-5-7-19)14-11(16)8-10(15)9-12(14)17/h8-9,13,18H,2-7H2,1H3/t13-/m1/s1. The number of nitrogens with zero attached hydrogens (tertiary/aromatic N) is 1. The Morgan fingerprint density at radius 3 is 2.26 bits per heavy atom. The van der Waals surface area contributed by atoms with Crippen LogP contribution in [0.4, 0.5) is 13.2 Å². The summed E-state index contributed by atoms with van der Waals surface area (Å²) in [5, 5.41) is 3.21. The minimum Gasteiger partial charge on any atom is -0.314 e. The third kappa shape index (κ3) is 3.28. The highest BCUT2D eigenvalue weighted by Gasteiger charge is 2.27. The van der Waals surface area contributed by atoms with E-state index < -0.39 is 17.5 Å². The predicted octanol–water partition coefficient (Wildman–Crippen LogP) is 2.85. The molecule has 1 aliphatic rings. The molecule has 0 aliphatic carbocycles. The Morgan fingerprint density at radius 2 is 1.74 bits per heavy atom. The minimum atomic E-state index is -0.866. The maximum absolute atomic E-state index is 13.9. The zero-order chi connectivity index (χ0) is 13.8. The molecule has 1 saturated heterocycles. The quantitative estimate of drug-likeness (QED) is 0.906. The predicted molar refractivity (Wildman–Crippen MR) is 68.4 cm³/mol. The molecule has 1 atom stereocenters. The molecular weight excluding hydrogens is 253 g/mol. The highest BCUT2D eigenvalue weighted by atomic mass is 19.1. The first-order valence-corrected chi connectivity index (χ1v) is 6.72. The molecule has 2 rings (SSSR count). The summed E-state index contributed by atoms with van der Waals surface area (Å²) in [7, 11) is 0.